The second-order valence-electron chi connectivity index (χ2n) is 0. The van der Waals surface area contributed by atoms with Crippen molar-refractivity contribution in [2.45, 2.75) is 0 Å². The van der Waals surface area contributed by atoms with E-state index in [1.165, 1.54) is 0 Å². The number of nitrogens with zero attached hydrogens (tertiary/aromatic N) is 1. The van der Waals surface area contributed by atoms with E-state index < -0.39 is 0 Å². The molecule has 0 unspecified atom stereocenters. The van der Waals surface area contributed by atoms with Crippen LogP contribution >= 0.6 is 0 Å². The van der Waals surface area contributed by atoms with Gasteiger partial charge < -0.3 is 21.9 Å². The Hall–Kier alpha value is 1.19. The molecule has 0 heterocycles. The Labute approximate surface area is 78.3 Å². The smallest absolute Gasteiger partial charge is 0.870 e. The van der Waals surface area contributed by atoms with Crippen LogP contribution in [0.1, 0.15) is 0 Å². The second kappa shape index (κ2) is 118. The van der Waals surface area contributed by atoms with E-state index in [0.29, 0.717) is 0 Å². The van der Waals surface area contributed by atoms with Crippen LogP contribution in [-0.4, -0.2) is 21.9 Å². The monoisotopic (exact) mass is 121 g/mol. The maximum absolute atomic E-state index is 0. The van der Waals surface area contributed by atoms with Crippen LogP contribution in [0.25, 0.3) is 0 Å². The minimum absolute atomic E-state index is 0. The van der Waals surface area contributed by atoms with E-state index in [2.05, 4.69) is 0 Å². The van der Waals surface area contributed by atoms with Gasteiger partial charge in [0.25, 0.3) is 0 Å². The quantitative estimate of drug-likeness (QED) is 0.298. The summed E-state index contributed by atoms with van der Waals surface area (Å²) in [4.78, 5) is 0. The van der Waals surface area contributed by atoms with Crippen LogP contribution < -0.4 is 57.5 Å². The normalized spacial score (nSPS) is 0. The van der Waals surface area contributed by atoms with Crippen LogP contribution in [0.15, 0.2) is 0 Å². The number of hydrogen-bond acceptors (Lipinski definition) is 4. The van der Waals surface area contributed by atoms with Crippen molar-refractivity contribution in [3.05, 3.63) is 0 Å². The minimum Gasteiger partial charge on any atom is -0.870 e. The van der Waals surface area contributed by atoms with Gasteiger partial charge in [-0.3, -0.25) is 0 Å². The van der Waals surface area contributed by atoms with Crippen LogP contribution in [0.2, 0.25) is 0 Å². The molecule has 0 aromatic carbocycles. The first-order valence-corrected chi connectivity index (χ1v) is 0. The molecule has 0 aliphatic rings. The maximum atomic E-state index is 0. The van der Waals surface area contributed by atoms with Crippen molar-refractivity contribution in [3.63, 3.8) is 0 Å². The molecule has 4 N–H and O–H groups in total. The molecular formula is H4KNO4. The molecule has 5 nitrogen and oxygen atoms in total. The Morgan fingerprint density at radius 2 is 0.500 bits per heavy atom. The van der Waals surface area contributed by atoms with Gasteiger partial charge in [0.05, 0.1) is 0 Å². The first-order chi connectivity index (χ1) is 0. The van der Waals surface area contributed by atoms with E-state index >= 15 is 0 Å². The average molecular weight is 121 g/mol. The standard InChI is InChI=1S/K.N.4H2O/h;;4*1H2/q+1;+3;;;;/p-4. The third-order valence-corrected chi connectivity index (χ3v) is 0. The molecule has 0 spiro atoms. The van der Waals surface area contributed by atoms with Crippen molar-refractivity contribution in [1.82, 2.24) is 6.15 Å². The number of rotatable bonds is 0. The predicted octanol–water partition coefficient (Wildman–Crippen LogP) is -4.18. The molecule has 0 bridgehead atoms. The molecule has 0 fully saturated rings. The van der Waals surface area contributed by atoms with Gasteiger partial charge in [-0.1, -0.05) is 0 Å². The van der Waals surface area contributed by atoms with Gasteiger partial charge >= 0.3 is 57.5 Å². The van der Waals surface area contributed by atoms with Gasteiger partial charge in [0.2, 0.25) is 0 Å². The van der Waals surface area contributed by atoms with E-state index in [-0.39, 0.29) is 79.4 Å². The Balaban J connectivity index is 0. The topological polar surface area (TPSA) is 150 Å². The van der Waals surface area contributed by atoms with Crippen LogP contribution in [0, 0.1) is 0 Å². The SMILES string of the molecule is [K+].[N+3].[OH-].[OH-].[OH-].[OH-]. The van der Waals surface area contributed by atoms with Crippen LogP contribution in [0.5, 0.6) is 0 Å². The van der Waals surface area contributed by atoms with E-state index in [1.807, 2.05) is 0 Å². The van der Waals surface area contributed by atoms with Crippen molar-refractivity contribution in [1.29, 1.82) is 0 Å². The molecule has 0 atom stereocenters. The number of hydrogen-bond donors (Lipinski definition) is 0. The van der Waals surface area contributed by atoms with Crippen LogP contribution in [-0.2, 0) is 0 Å². The summed E-state index contributed by atoms with van der Waals surface area (Å²) in [5.74, 6) is 0. The summed E-state index contributed by atoms with van der Waals surface area (Å²) in [5, 5.41) is 0. The third-order valence-electron chi connectivity index (χ3n) is 0. The van der Waals surface area contributed by atoms with Crippen molar-refractivity contribution < 1.29 is 73.3 Å². The van der Waals surface area contributed by atoms with Gasteiger partial charge in [0.1, 0.15) is 0 Å². The Morgan fingerprint density at radius 1 is 0.500 bits per heavy atom. The molecule has 0 saturated carbocycles. The maximum Gasteiger partial charge on any atom is 3.00 e. The summed E-state index contributed by atoms with van der Waals surface area (Å²) in [6.07, 6.45) is 0. The van der Waals surface area contributed by atoms with Crippen molar-refractivity contribution in [2.75, 3.05) is 0 Å². The fraction of sp³-hybridized carbons (Fsp3) is 0. The van der Waals surface area contributed by atoms with Crippen molar-refractivity contribution in [3.8, 4) is 0 Å². The first-order valence-electron chi connectivity index (χ1n) is 0. The van der Waals surface area contributed by atoms with Gasteiger partial charge in [0.15, 0.2) is 0 Å². The van der Waals surface area contributed by atoms with Gasteiger partial charge in [-0.05, 0) is 0 Å². The van der Waals surface area contributed by atoms with Crippen LogP contribution in [0.4, 0.5) is 0 Å². The molecule has 0 aliphatic heterocycles. The molecule has 6 heavy (non-hydrogen) atoms. The summed E-state index contributed by atoms with van der Waals surface area (Å²) in [6, 6.07) is 0. The molecule has 0 aliphatic carbocycles. The van der Waals surface area contributed by atoms with Crippen molar-refractivity contribution in [2.24, 2.45) is 0 Å². The summed E-state index contributed by atoms with van der Waals surface area (Å²) < 4.78 is 0. The fourth-order valence-corrected chi connectivity index (χ4v) is 0. The molecule has 0 amide bonds. The van der Waals surface area contributed by atoms with E-state index in [1.54, 1.807) is 0 Å². The van der Waals surface area contributed by atoms with E-state index in [4.69, 9.17) is 0 Å². The minimum atomic E-state index is 0. The molecule has 0 aromatic heterocycles. The third kappa shape index (κ3) is 64.6. The summed E-state index contributed by atoms with van der Waals surface area (Å²) in [7, 11) is 0. The van der Waals surface area contributed by atoms with Gasteiger partial charge in [-0.15, -0.1) is 0 Å². The van der Waals surface area contributed by atoms with Gasteiger partial charge in [0, 0.05) is 0 Å². The molecule has 2 radical (unpaired) electrons. The van der Waals surface area contributed by atoms with E-state index in [9.17, 15) is 0 Å². The summed E-state index contributed by atoms with van der Waals surface area (Å²) >= 11 is 0. The Bertz CT molecular complexity index is 7.51. The Morgan fingerprint density at radius 3 is 0.500 bits per heavy atom. The van der Waals surface area contributed by atoms with Crippen molar-refractivity contribution >= 4 is 0 Å². The average Bonchev–Trinajstić information content (AvgIpc) is 0. The zero-order chi connectivity index (χ0) is 0. The first kappa shape index (κ1) is 195. The molecule has 0 saturated heterocycles. The fourth-order valence-electron chi connectivity index (χ4n) is 0. The molecule has 0 rings (SSSR count). The van der Waals surface area contributed by atoms with Gasteiger partial charge in [-0.25, -0.2) is 0 Å². The molecular weight excluding hydrogens is 117 g/mol. The van der Waals surface area contributed by atoms with Crippen LogP contribution in [0.3, 0.4) is 0 Å². The largest absolute Gasteiger partial charge is 3.00 e. The summed E-state index contributed by atoms with van der Waals surface area (Å²) in [6.45, 7) is 0. The molecule has 0 aromatic rings. The zero-order valence-electron chi connectivity index (χ0n) is 3.24. The summed E-state index contributed by atoms with van der Waals surface area (Å²) in [5.41, 5.74) is 0. The molecule has 6 heteroatoms. The van der Waals surface area contributed by atoms with E-state index in [0.717, 1.165) is 0 Å². The van der Waals surface area contributed by atoms with Gasteiger partial charge in [-0.2, -0.15) is 0 Å². The second-order valence-corrected chi connectivity index (χ2v) is 0. The molecule has 34 valence electrons. The zero-order valence-corrected chi connectivity index (χ0v) is 6.36. The predicted molar refractivity (Wildman–Crippen MR) is 9.88 cm³/mol. The Kier molecular flexibility index (Phi) is 3850.